The molecule has 2 amide bonds. The molecule has 0 spiro atoms. The number of piperidine rings is 1. The first-order valence-corrected chi connectivity index (χ1v) is 13.6. The summed E-state index contributed by atoms with van der Waals surface area (Å²) in [5, 5.41) is 17.2. The van der Waals surface area contributed by atoms with E-state index in [1.54, 1.807) is 52.6 Å². The van der Waals surface area contributed by atoms with E-state index in [0.717, 1.165) is 17.7 Å². The Labute approximate surface area is 232 Å². The number of nitrogens with zero attached hydrogens (tertiary/aromatic N) is 3. The number of rotatable bonds is 10. The minimum atomic E-state index is -1.92. The third-order valence-electron chi connectivity index (χ3n) is 7.74. The fraction of sp³-hybridized carbons (Fsp3) is 0.414. The molecular weight excluding hydrogens is 516 g/mol. The second-order valence-electron chi connectivity index (χ2n) is 10.5. The minimum Gasteiger partial charge on any atom is -0.341 e. The van der Waals surface area contributed by atoms with Crippen molar-refractivity contribution in [3.05, 3.63) is 77.9 Å². The van der Waals surface area contributed by atoms with Crippen LogP contribution in [0.2, 0.25) is 0 Å². The SMILES string of the molecule is N#CC1(F)CCN(C(=O)[C@H](CCCN[C@@H]2C[C@H]2c2ccc(F)cc2)NC(=O)c2ccc(N3C=CNN3)cc2)CC1. The first-order valence-electron chi connectivity index (χ1n) is 13.6. The zero-order valence-corrected chi connectivity index (χ0v) is 22.1. The zero-order valence-electron chi connectivity index (χ0n) is 22.1. The van der Waals surface area contributed by atoms with Gasteiger partial charge in [-0.15, -0.1) is 5.53 Å². The standard InChI is InChI=1S/C29H33F2N7O2/c30-22-7-3-20(4-8-22)24-18-26(24)33-13-1-2-25(28(40)37-15-11-29(31,19-32)12-16-37)35-27(39)21-5-9-23(10-6-21)38-17-14-34-36-38/h3-10,14,17,24-26,33-34,36H,1-2,11-13,15-16,18H2,(H,35,39)/t24-,25-,26+/m0/s1. The molecule has 2 aromatic carbocycles. The van der Waals surface area contributed by atoms with Crippen LogP contribution in [0.15, 0.2) is 60.9 Å². The molecular formula is C29H33F2N7O2. The lowest BCUT2D eigenvalue weighted by Gasteiger charge is -2.34. The maximum atomic E-state index is 14.4. The summed E-state index contributed by atoms with van der Waals surface area (Å²) in [5.74, 6) is -0.539. The average molecular weight is 550 g/mol. The van der Waals surface area contributed by atoms with Crippen molar-refractivity contribution in [3.8, 4) is 6.07 Å². The molecule has 210 valence electrons. The van der Waals surface area contributed by atoms with E-state index in [9.17, 15) is 18.4 Å². The summed E-state index contributed by atoms with van der Waals surface area (Å²) in [5.41, 5.74) is 6.21. The van der Waals surface area contributed by atoms with Crippen molar-refractivity contribution < 1.29 is 18.4 Å². The third-order valence-corrected chi connectivity index (χ3v) is 7.74. The maximum Gasteiger partial charge on any atom is 0.251 e. The molecule has 0 radical (unpaired) electrons. The predicted molar refractivity (Wildman–Crippen MR) is 146 cm³/mol. The molecule has 3 atom stereocenters. The number of hydrazine groups is 2. The molecule has 4 N–H and O–H groups in total. The largest absolute Gasteiger partial charge is 0.341 e. The van der Waals surface area contributed by atoms with Gasteiger partial charge in [-0.1, -0.05) is 12.1 Å². The number of amides is 2. The van der Waals surface area contributed by atoms with Gasteiger partial charge in [0.05, 0.1) is 5.69 Å². The Morgan fingerprint density at radius 2 is 1.85 bits per heavy atom. The van der Waals surface area contributed by atoms with Crippen LogP contribution in [0.5, 0.6) is 0 Å². The van der Waals surface area contributed by atoms with Gasteiger partial charge in [-0.05, 0) is 67.8 Å². The van der Waals surface area contributed by atoms with E-state index in [-0.39, 0.29) is 43.6 Å². The quantitative estimate of drug-likeness (QED) is 0.337. The van der Waals surface area contributed by atoms with Crippen LogP contribution in [-0.4, -0.2) is 54.1 Å². The molecule has 2 fully saturated rings. The van der Waals surface area contributed by atoms with E-state index < -0.39 is 11.7 Å². The highest BCUT2D eigenvalue weighted by Crippen LogP contribution is 2.40. The second kappa shape index (κ2) is 12.0. The van der Waals surface area contributed by atoms with Gasteiger partial charge < -0.3 is 21.0 Å². The number of carbonyl (C=O) groups excluding carboxylic acids is 2. The van der Waals surface area contributed by atoms with E-state index in [0.29, 0.717) is 36.9 Å². The number of benzene rings is 2. The van der Waals surface area contributed by atoms with Gasteiger partial charge in [0.1, 0.15) is 17.9 Å². The fourth-order valence-corrected chi connectivity index (χ4v) is 5.19. The summed E-state index contributed by atoms with van der Waals surface area (Å²) in [6.07, 6.45) is 5.48. The summed E-state index contributed by atoms with van der Waals surface area (Å²) in [6.45, 7) is 0.922. The first kappa shape index (κ1) is 27.6. The molecule has 5 rings (SSSR count). The van der Waals surface area contributed by atoms with Crippen molar-refractivity contribution in [1.29, 1.82) is 5.26 Å². The van der Waals surface area contributed by atoms with Crippen molar-refractivity contribution >= 4 is 17.5 Å². The van der Waals surface area contributed by atoms with Crippen molar-refractivity contribution in [2.24, 2.45) is 0 Å². The number of carbonyl (C=O) groups is 2. The molecule has 2 aliphatic heterocycles. The molecule has 1 saturated heterocycles. The summed E-state index contributed by atoms with van der Waals surface area (Å²) < 4.78 is 27.6. The van der Waals surface area contributed by atoms with E-state index in [1.807, 2.05) is 12.1 Å². The van der Waals surface area contributed by atoms with Gasteiger partial charge in [-0.25, -0.2) is 8.78 Å². The Balaban J connectivity index is 1.17. The van der Waals surface area contributed by atoms with Gasteiger partial charge in [0.2, 0.25) is 5.91 Å². The third kappa shape index (κ3) is 6.58. The monoisotopic (exact) mass is 549 g/mol. The van der Waals surface area contributed by atoms with E-state index >= 15 is 0 Å². The molecule has 0 bridgehead atoms. The maximum absolute atomic E-state index is 14.4. The Morgan fingerprint density at radius 3 is 2.50 bits per heavy atom. The highest BCUT2D eigenvalue weighted by molar-refractivity contribution is 5.97. The highest BCUT2D eigenvalue weighted by atomic mass is 19.1. The van der Waals surface area contributed by atoms with Crippen molar-refractivity contribution in [3.63, 3.8) is 0 Å². The Morgan fingerprint density at radius 1 is 1.12 bits per heavy atom. The topological polar surface area (TPSA) is 113 Å². The lowest BCUT2D eigenvalue weighted by molar-refractivity contribution is -0.135. The van der Waals surface area contributed by atoms with Crippen LogP contribution < -0.4 is 26.6 Å². The molecule has 0 aromatic heterocycles. The number of hydrogen-bond donors (Lipinski definition) is 4. The van der Waals surface area contributed by atoms with Gasteiger partial charge in [-0.3, -0.25) is 14.6 Å². The zero-order chi connectivity index (χ0) is 28.1. The molecule has 3 aliphatic rings. The summed E-state index contributed by atoms with van der Waals surface area (Å²) >= 11 is 0. The number of nitrogens with one attached hydrogen (secondary N) is 4. The van der Waals surface area contributed by atoms with E-state index in [2.05, 4.69) is 21.6 Å². The summed E-state index contributed by atoms with van der Waals surface area (Å²) in [4.78, 5) is 28.1. The summed E-state index contributed by atoms with van der Waals surface area (Å²) in [7, 11) is 0. The Hall–Kier alpha value is -4.01. The lowest BCUT2D eigenvalue weighted by Crippen LogP contribution is -2.52. The van der Waals surface area contributed by atoms with E-state index in [1.165, 1.54) is 12.1 Å². The van der Waals surface area contributed by atoms with Crippen LogP contribution in [0, 0.1) is 17.1 Å². The van der Waals surface area contributed by atoms with Crippen LogP contribution in [0.4, 0.5) is 14.5 Å². The second-order valence-corrected chi connectivity index (χ2v) is 10.5. The molecule has 1 saturated carbocycles. The van der Waals surface area contributed by atoms with Crippen LogP contribution >= 0.6 is 0 Å². The van der Waals surface area contributed by atoms with Gasteiger partial charge in [0.25, 0.3) is 5.91 Å². The first-order chi connectivity index (χ1) is 19.3. The highest BCUT2D eigenvalue weighted by Gasteiger charge is 2.39. The van der Waals surface area contributed by atoms with Crippen LogP contribution in [0.3, 0.4) is 0 Å². The smallest absolute Gasteiger partial charge is 0.251 e. The van der Waals surface area contributed by atoms with E-state index in [4.69, 9.17) is 5.26 Å². The van der Waals surface area contributed by atoms with Crippen molar-refractivity contribution in [2.75, 3.05) is 24.6 Å². The predicted octanol–water partition coefficient (Wildman–Crippen LogP) is 3.00. The number of alkyl halides is 1. The Kier molecular flexibility index (Phi) is 8.28. The fourth-order valence-electron chi connectivity index (χ4n) is 5.19. The molecule has 2 heterocycles. The Bertz CT molecular complexity index is 1270. The molecule has 0 unspecified atom stereocenters. The normalized spacial score (nSPS) is 21.8. The number of likely N-dealkylation sites (tertiary alicyclic amines) is 1. The lowest BCUT2D eigenvalue weighted by atomic mass is 9.94. The van der Waals surface area contributed by atoms with Gasteiger partial charge in [-0.2, -0.15) is 5.26 Å². The van der Waals surface area contributed by atoms with Crippen molar-refractivity contribution in [1.82, 2.24) is 26.5 Å². The molecule has 2 aromatic rings. The van der Waals surface area contributed by atoms with Gasteiger partial charge in [0.15, 0.2) is 5.67 Å². The molecule has 40 heavy (non-hydrogen) atoms. The molecule has 11 heteroatoms. The number of hydrogen-bond acceptors (Lipinski definition) is 7. The van der Waals surface area contributed by atoms with Gasteiger partial charge >= 0.3 is 0 Å². The van der Waals surface area contributed by atoms with Gasteiger partial charge in [0, 0.05) is 55.9 Å². The average Bonchev–Trinajstić information content (AvgIpc) is 3.53. The minimum absolute atomic E-state index is 0.0424. The van der Waals surface area contributed by atoms with Crippen LogP contribution in [-0.2, 0) is 4.79 Å². The molecule has 9 nitrogen and oxygen atoms in total. The van der Waals surface area contributed by atoms with Crippen LogP contribution in [0.1, 0.15) is 53.9 Å². The number of anilines is 1. The number of halogens is 2. The van der Waals surface area contributed by atoms with Crippen molar-refractivity contribution in [2.45, 2.75) is 55.8 Å². The van der Waals surface area contributed by atoms with Crippen LogP contribution in [0.25, 0.3) is 0 Å². The summed E-state index contributed by atoms with van der Waals surface area (Å²) in [6, 6.07) is 14.8. The number of nitriles is 1. The molecule has 1 aliphatic carbocycles.